The molecule has 4 heteroatoms. The smallest absolute Gasteiger partial charge is 0.257 e. The maximum atomic E-state index is 4.98. The lowest BCUT2D eigenvalue weighted by molar-refractivity contribution is 0.397. The van der Waals surface area contributed by atoms with Crippen molar-refractivity contribution >= 4 is 5.82 Å². The molecule has 1 aromatic heterocycles. The lowest BCUT2D eigenvalue weighted by Gasteiger charge is -2.04. The standard InChI is InChI=1S/C7H11N3O/c1-5-4-9-6(8-2)7(10-5)11-3/h4H,1-3H3,(H,8,9). The van der Waals surface area contributed by atoms with E-state index in [0.717, 1.165) is 5.69 Å². The molecule has 1 N–H and O–H groups in total. The van der Waals surface area contributed by atoms with E-state index in [9.17, 15) is 0 Å². The topological polar surface area (TPSA) is 47.0 Å². The van der Waals surface area contributed by atoms with Crippen LogP contribution in [0.25, 0.3) is 0 Å². The van der Waals surface area contributed by atoms with Crippen LogP contribution in [0, 0.1) is 6.92 Å². The monoisotopic (exact) mass is 153 g/mol. The lowest BCUT2D eigenvalue weighted by atomic mass is 10.5. The second-order valence-corrected chi connectivity index (χ2v) is 2.12. The van der Waals surface area contributed by atoms with Crippen LogP contribution >= 0.6 is 0 Å². The van der Waals surface area contributed by atoms with E-state index in [1.54, 1.807) is 20.4 Å². The molecule has 0 radical (unpaired) electrons. The Morgan fingerprint density at radius 2 is 2.27 bits per heavy atom. The molecule has 1 rings (SSSR count). The Morgan fingerprint density at radius 1 is 1.55 bits per heavy atom. The molecule has 1 heterocycles. The van der Waals surface area contributed by atoms with Gasteiger partial charge in [0, 0.05) is 7.05 Å². The molecule has 60 valence electrons. The van der Waals surface area contributed by atoms with Gasteiger partial charge in [0.15, 0.2) is 5.82 Å². The summed E-state index contributed by atoms with van der Waals surface area (Å²) in [6.45, 7) is 1.87. The first kappa shape index (κ1) is 7.78. The first-order valence-corrected chi connectivity index (χ1v) is 3.33. The quantitative estimate of drug-likeness (QED) is 0.683. The number of hydrogen-bond donors (Lipinski definition) is 1. The van der Waals surface area contributed by atoms with Crippen molar-refractivity contribution in [3.63, 3.8) is 0 Å². The average Bonchev–Trinajstić information content (AvgIpc) is 2.04. The number of anilines is 1. The van der Waals surface area contributed by atoms with Crippen LogP contribution < -0.4 is 10.1 Å². The van der Waals surface area contributed by atoms with Crippen molar-refractivity contribution < 1.29 is 4.74 Å². The molecule has 11 heavy (non-hydrogen) atoms. The molecule has 0 atom stereocenters. The van der Waals surface area contributed by atoms with Crippen LogP contribution in [-0.4, -0.2) is 24.1 Å². The lowest BCUT2D eigenvalue weighted by Crippen LogP contribution is -1.99. The molecule has 0 amide bonds. The Balaban J connectivity index is 3.06. The molecule has 0 aliphatic rings. The van der Waals surface area contributed by atoms with Crippen LogP contribution in [0.1, 0.15) is 5.69 Å². The van der Waals surface area contributed by atoms with Gasteiger partial charge in [-0.25, -0.2) is 9.97 Å². The van der Waals surface area contributed by atoms with E-state index in [-0.39, 0.29) is 0 Å². The molecule has 0 unspecified atom stereocenters. The maximum absolute atomic E-state index is 4.98. The Bertz CT molecular complexity index is 249. The number of hydrogen-bond acceptors (Lipinski definition) is 4. The fourth-order valence-corrected chi connectivity index (χ4v) is 0.769. The number of nitrogens with one attached hydrogen (secondary N) is 1. The molecule has 0 saturated heterocycles. The summed E-state index contributed by atoms with van der Waals surface area (Å²) in [6, 6.07) is 0. The summed E-state index contributed by atoms with van der Waals surface area (Å²) in [7, 11) is 3.35. The number of ether oxygens (including phenoxy) is 1. The minimum absolute atomic E-state index is 0.535. The van der Waals surface area contributed by atoms with Crippen molar-refractivity contribution in [3.05, 3.63) is 11.9 Å². The van der Waals surface area contributed by atoms with Gasteiger partial charge in [-0.3, -0.25) is 0 Å². The van der Waals surface area contributed by atoms with Crippen molar-refractivity contribution in [2.75, 3.05) is 19.5 Å². The summed E-state index contributed by atoms with van der Waals surface area (Å²) < 4.78 is 4.98. The second-order valence-electron chi connectivity index (χ2n) is 2.12. The van der Waals surface area contributed by atoms with E-state index in [4.69, 9.17) is 4.74 Å². The normalized spacial score (nSPS) is 9.36. The van der Waals surface area contributed by atoms with E-state index < -0.39 is 0 Å². The number of nitrogens with zero attached hydrogens (tertiary/aromatic N) is 2. The van der Waals surface area contributed by atoms with Gasteiger partial charge in [0.1, 0.15) is 0 Å². The first-order chi connectivity index (χ1) is 5.27. The molecule has 0 fully saturated rings. The van der Waals surface area contributed by atoms with Crippen LogP contribution in [-0.2, 0) is 0 Å². The van der Waals surface area contributed by atoms with Crippen LogP contribution in [0.15, 0.2) is 6.20 Å². The summed E-state index contributed by atoms with van der Waals surface area (Å²) >= 11 is 0. The maximum Gasteiger partial charge on any atom is 0.257 e. The summed E-state index contributed by atoms with van der Waals surface area (Å²) in [5, 5.41) is 2.88. The zero-order chi connectivity index (χ0) is 8.27. The molecule has 0 saturated carbocycles. The largest absolute Gasteiger partial charge is 0.478 e. The van der Waals surface area contributed by atoms with Gasteiger partial charge in [-0.05, 0) is 6.92 Å². The van der Waals surface area contributed by atoms with Crippen LogP contribution in [0.5, 0.6) is 5.88 Å². The Kier molecular flexibility index (Phi) is 2.25. The van der Waals surface area contributed by atoms with E-state index in [1.165, 1.54) is 0 Å². The fraction of sp³-hybridized carbons (Fsp3) is 0.429. The molecular formula is C7H11N3O. The van der Waals surface area contributed by atoms with Crippen LogP contribution in [0.4, 0.5) is 5.82 Å². The van der Waals surface area contributed by atoms with Gasteiger partial charge in [0.25, 0.3) is 5.88 Å². The summed E-state index contributed by atoms with van der Waals surface area (Å²) in [6.07, 6.45) is 1.69. The zero-order valence-electron chi connectivity index (χ0n) is 6.88. The van der Waals surface area contributed by atoms with Crippen molar-refractivity contribution in [1.29, 1.82) is 0 Å². The first-order valence-electron chi connectivity index (χ1n) is 3.33. The van der Waals surface area contributed by atoms with E-state index in [0.29, 0.717) is 11.7 Å². The predicted molar refractivity (Wildman–Crippen MR) is 42.9 cm³/mol. The Labute approximate surface area is 65.6 Å². The zero-order valence-corrected chi connectivity index (χ0v) is 6.88. The van der Waals surface area contributed by atoms with Crippen molar-refractivity contribution in [2.45, 2.75) is 6.92 Å². The fourth-order valence-electron chi connectivity index (χ4n) is 0.769. The minimum atomic E-state index is 0.535. The molecule has 0 aromatic carbocycles. The van der Waals surface area contributed by atoms with Gasteiger partial charge in [0.2, 0.25) is 0 Å². The Morgan fingerprint density at radius 3 is 2.82 bits per heavy atom. The van der Waals surface area contributed by atoms with Gasteiger partial charge < -0.3 is 10.1 Å². The summed E-state index contributed by atoms with van der Waals surface area (Å²) in [5.74, 6) is 1.20. The van der Waals surface area contributed by atoms with Gasteiger partial charge in [-0.2, -0.15) is 0 Å². The van der Waals surface area contributed by atoms with Crippen molar-refractivity contribution in [3.8, 4) is 5.88 Å². The third kappa shape index (κ3) is 1.58. The van der Waals surface area contributed by atoms with E-state index in [1.807, 2.05) is 6.92 Å². The molecule has 0 spiro atoms. The number of aromatic nitrogens is 2. The number of aryl methyl sites for hydroxylation is 1. The van der Waals surface area contributed by atoms with Crippen molar-refractivity contribution in [1.82, 2.24) is 9.97 Å². The molecule has 0 aliphatic carbocycles. The van der Waals surface area contributed by atoms with Crippen LogP contribution in [0.3, 0.4) is 0 Å². The van der Waals surface area contributed by atoms with Gasteiger partial charge in [-0.1, -0.05) is 0 Å². The Hall–Kier alpha value is -1.32. The number of methoxy groups -OCH3 is 1. The predicted octanol–water partition coefficient (Wildman–Crippen LogP) is 0.835. The van der Waals surface area contributed by atoms with Crippen molar-refractivity contribution in [2.24, 2.45) is 0 Å². The summed E-state index contributed by atoms with van der Waals surface area (Å²) in [4.78, 5) is 8.18. The highest BCUT2D eigenvalue weighted by Crippen LogP contribution is 2.16. The van der Waals surface area contributed by atoms with E-state index >= 15 is 0 Å². The molecule has 0 aliphatic heterocycles. The van der Waals surface area contributed by atoms with Gasteiger partial charge in [0.05, 0.1) is 19.0 Å². The molecule has 4 nitrogen and oxygen atoms in total. The van der Waals surface area contributed by atoms with E-state index in [2.05, 4.69) is 15.3 Å². The van der Waals surface area contributed by atoms with Gasteiger partial charge in [-0.15, -0.1) is 0 Å². The molecule has 0 bridgehead atoms. The third-order valence-corrected chi connectivity index (χ3v) is 1.29. The molecule has 1 aromatic rings. The van der Waals surface area contributed by atoms with Gasteiger partial charge >= 0.3 is 0 Å². The van der Waals surface area contributed by atoms with Crippen LogP contribution in [0.2, 0.25) is 0 Å². The molecular weight excluding hydrogens is 142 g/mol. The highest BCUT2D eigenvalue weighted by atomic mass is 16.5. The summed E-state index contributed by atoms with van der Waals surface area (Å²) in [5.41, 5.74) is 0.848. The SMILES string of the molecule is CNc1ncc(C)nc1OC. The second kappa shape index (κ2) is 3.18. The number of rotatable bonds is 2. The highest BCUT2D eigenvalue weighted by Gasteiger charge is 2.02. The minimum Gasteiger partial charge on any atom is -0.478 e. The average molecular weight is 153 g/mol. The third-order valence-electron chi connectivity index (χ3n) is 1.29. The highest BCUT2D eigenvalue weighted by molar-refractivity contribution is 5.44.